The van der Waals surface area contributed by atoms with Gasteiger partial charge in [-0.05, 0) is 25.0 Å². The molecule has 0 unspecified atom stereocenters. The van der Waals surface area contributed by atoms with Crippen molar-refractivity contribution >= 4 is 5.91 Å². The minimum atomic E-state index is -0.446. The Bertz CT molecular complexity index is 400. The molecule has 0 spiro atoms. The van der Waals surface area contributed by atoms with Crippen molar-refractivity contribution < 1.29 is 15.0 Å². The van der Waals surface area contributed by atoms with Crippen molar-refractivity contribution in [3.63, 3.8) is 0 Å². The molecule has 5 heteroatoms. The lowest BCUT2D eigenvalue weighted by Crippen LogP contribution is -2.52. The zero-order valence-corrected chi connectivity index (χ0v) is 10.7. The molecule has 18 heavy (non-hydrogen) atoms. The predicted molar refractivity (Wildman–Crippen MR) is 69.6 cm³/mol. The summed E-state index contributed by atoms with van der Waals surface area (Å²) in [6, 6.07) is 3.79. The van der Waals surface area contributed by atoms with Gasteiger partial charge in [-0.1, -0.05) is 13.8 Å². The van der Waals surface area contributed by atoms with Crippen molar-refractivity contribution in [2.75, 3.05) is 6.54 Å². The molecule has 1 aromatic rings. The number of hydrogen-bond donors (Lipinski definition) is 4. The third-order valence-corrected chi connectivity index (χ3v) is 3.29. The van der Waals surface area contributed by atoms with E-state index in [1.54, 1.807) is 0 Å². The number of nitrogens with one attached hydrogen (secondary N) is 1. The van der Waals surface area contributed by atoms with E-state index in [1.807, 2.05) is 13.8 Å². The lowest BCUT2D eigenvalue weighted by Gasteiger charge is -2.31. The molecular weight excluding hydrogens is 232 g/mol. The fourth-order valence-electron chi connectivity index (χ4n) is 1.81. The standard InChI is InChI=1S/C13H20N2O3/c1-3-13(4-2,8-14)15-12(18)9-5-10(16)7-11(17)6-9/h5-7,16-17H,3-4,8,14H2,1-2H3,(H,15,18). The number of amides is 1. The van der Waals surface area contributed by atoms with Crippen LogP contribution in [-0.4, -0.2) is 28.2 Å². The summed E-state index contributed by atoms with van der Waals surface area (Å²) in [5.41, 5.74) is 5.47. The van der Waals surface area contributed by atoms with Gasteiger partial charge in [0, 0.05) is 18.2 Å². The number of rotatable bonds is 5. The molecule has 0 bridgehead atoms. The van der Waals surface area contributed by atoms with Crippen molar-refractivity contribution in [1.29, 1.82) is 0 Å². The van der Waals surface area contributed by atoms with Crippen molar-refractivity contribution in [3.05, 3.63) is 23.8 Å². The first-order valence-electron chi connectivity index (χ1n) is 6.02. The summed E-state index contributed by atoms with van der Waals surface area (Å²) in [5, 5.41) is 21.6. The minimum absolute atomic E-state index is 0.147. The van der Waals surface area contributed by atoms with Crippen molar-refractivity contribution in [3.8, 4) is 11.5 Å². The molecule has 0 aromatic heterocycles. The topological polar surface area (TPSA) is 95.6 Å². The predicted octanol–water partition coefficient (Wildman–Crippen LogP) is 1.35. The number of phenolic OH excluding ortho intramolecular Hbond substituents is 2. The first-order valence-corrected chi connectivity index (χ1v) is 6.02. The van der Waals surface area contributed by atoms with E-state index in [1.165, 1.54) is 18.2 Å². The normalized spacial score (nSPS) is 11.3. The zero-order chi connectivity index (χ0) is 13.8. The molecule has 0 fully saturated rings. The van der Waals surface area contributed by atoms with Gasteiger partial charge in [0.2, 0.25) is 0 Å². The van der Waals surface area contributed by atoms with E-state index in [2.05, 4.69) is 5.32 Å². The van der Waals surface area contributed by atoms with Gasteiger partial charge in [-0.25, -0.2) is 0 Å². The highest BCUT2D eigenvalue weighted by molar-refractivity contribution is 5.95. The molecule has 0 atom stereocenters. The molecule has 1 aromatic carbocycles. The lowest BCUT2D eigenvalue weighted by molar-refractivity contribution is 0.0894. The second-order valence-corrected chi connectivity index (χ2v) is 4.38. The third-order valence-electron chi connectivity index (χ3n) is 3.29. The van der Waals surface area contributed by atoms with Gasteiger partial charge in [0.1, 0.15) is 11.5 Å². The van der Waals surface area contributed by atoms with Crippen LogP contribution in [0.1, 0.15) is 37.0 Å². The monoisotopic (exact) mass is 252 g/mol. The molecule has 0 radical (unpaired) electrons. The van der Waals surface area contributed by atoms with Crippen LogP contribution >= 0.6 is 0 Å². The summed E-state index contributed by atoms with van der Waals surface area (Å²) in [4.78, 5) is 12.1. The first kappa shape index (κ1) is 14.3. The maximum absolute atomic E-state index is 12.1. The van der Waals surface area contributed by atoms with Crippen LogP contribution in [0.3, 0.4) is 0 Å². The van der Waals surface area contributed by atoms with Gasteiger partial charge in [-0.2, -0.15) is 0 Å². The van der Waals surface area contributed by atoms with Crippen LogP contribution in [-0.2, 0) is 0 Å². The van der Waals surface area contributed by atoms with E-state index >= 15 is 0 Å². The fourth-order valence-corrected chi connectivity index (χ4v) is 1.81. The number of aromatic hydroxyl groups is 2. The van der Waals surface area contributed by atoms with Gasteiger partial charge < -0.3 is 21.3 Å². The summed E-state index contributed by atoms with van der Waals surface area (Å²) in [6.45, 7) is 4.25. The maximum Gasteiger partial charge on any atom is 0.252 e. The van der Waals surface area contributed by atoms with Crippen LogP contribution in [0, 0.1) is 0 Å². The number of benzene rings is 1. The average molecular weight is 252 g/mol. The van der Waals surface area contributed by atoms with Crippen molar-refractivity contribution in [2.45, 2.75) is 32.2 Å². The SMILES string of the molecule is CCC(CC)(CN)NC(=O)c1cc(O)cc(O)c1. The van der Waals surface area contributed by atoms with Crippen LogP contribution in [0.4, 0.5) is 0 Å². The molecule has 0 aliphatic rings. The quantitative estimate of drug-likeness (QED) is 0.636. The summed E-state index contributed by atoms with van der Waals surface area (Å²) < 4.78 is 0. The fraction of sp³-hybridized carbons (Fsp3) is 0.462. The van der Waals surface area contributed by atoms with Crippen LogP contribution in [0.2, 0.25) is 0 Å². The molecule has 0 saturated carbocycles. The van der Waals surface area contributed by atoms with Crippen molar-refractivity contribution in [2.24, 2.45) is 5.73 Å². The minimum Gasteiger partial charge on any atom is -0.508 e. The Morgan fingerprint density at radius 2 is 1.72 bits per heavy atom. The first-order chi connectivity index (χ1) is 8.46. The number of hydrogen-bond acceptors (Lipinski definition) is 4. The van der Waals surface area contributed by atoms with Crippen LogP contribution in [0.25, 0.3) is 0 Å². The highest BCUT2D eigenvalue weighted by Crippen LogP contribution is 2.21. The Kier molecular flexibility index (Phi) is 4.55. The second-order valence-electron chi connectivity index (χ2n) is 4.38. The van der Waals surface area contributed by atoms with Crippen LogP contribution in [0.5, 0.6) is 11.5 Å². The highest BCUT2D eigenvalue weighted by Gasteiger charge is 2.26. The Morgan fingerprint density at radius 3 is 2.11 bits per heavy atom. The highest BCUT2D eigenvalue weighted by atomic mass is 16.3. The third kappa shape index (κ3) is 3.13. The van der Waals surface area contributed by atoms with Crippen LogP contribution < -0.4 is 11.1 Å². The average Bonchev–Trinajstić information content (AvgIpc) is 2.35. The van der Waals surface area contributed by atoms with E-state index < -0.39 is 5.54 Å². The number of nitrogens with two attached hydrogens (primary N) is 1. The molecule has 1 rings (SSSR count). The number of carbonyl (C=O) groups is 1. The molecule has 0 saturated heterocycles. The summed E-state index contributed by atoms with van der Waals surface area (Å²) >= 11 is 0. The molecule has 1 amide bonds. The van der Waals surface area contributed by atoms with Gasteiger partial charge in [0.25, 0.3) is 5.91 Å². The summed E-state index contributed by atoms with van der Waals surface area (Å²) in [6.07, 6.45) is 1.44. The van der Waals surface area contributed by atoms with Crippen LogP contribution in [0.15, 0.2) is 18.2 Å². The molecule has 0 aliphatic heterocycles. The second kappa shape index (κ2) is 5.73. The zero-order valence-electron chi connectivity index (χ0n) is 10.7. The van der Waals surface area contributed by atoms with E-state index in [9.17, 15) is 15.0 Å². The Balaban J connectivity index is 2.94. The summed E-state index contributed by atoms with van der Waals surface area (Å²) in [7, 11) is 0. The summed E-state index contributed by atoms with van der Waals surface area (Å²) in [5.74, 6) is -0.645. The van der Waals surface area contributed by atoms with Crippen molar-refractivity contribution in [1.82, 2.24) is 5.32 Å². The van der Waals surface area contributed by atoms with E-state index in [4.69, 9.17) is 5.73 Å². The Labute approximate surface area is 107 Å². The van der Waals surface area contributed by atoms with Gasteiger partial charge in [0.15, 0.2) is 0 Å². The lowest BCUT2D eigenvalue weighted by atomic mass is 9.92. The molecule has 5 N–H and O–H groups in total. The smallest absolute Gasteiger partial charge is 0.252 e. The largest absolute Gasteiger partial charge is 0.508 e. The van der Waals surface area contributed by atoms with E-state index in [-0.39, 0.29) is 23.0 Å². The number of carbonyl (C=O) groups excluding carboxylic acids is 1. The number of phenols is 2. The Morgan fingerprint density at radius 1 is 1.22 bits per heavy atom. The maximum atomic E-state index is 12.1. The molecule has 5 nitrogen and oxygen atoms in total. The molecule has 0 heterocycles. The Hall–Kier alpha value is -1.75. The molecule has 0 aliphatic carbocycles. The van der Waals surface area contributed by atoms with Gasteiger partial charge in [-0.3, -0.25) is 4.79 Å². The molecular formula is C13H20N2O3. The van der Waals surface area contributed by atoms with Gasteiger partial charge in [0.05, 0.1) is 5.54 Å². The van der Waals surface area contributed by atoms with E-state index in [0.717, 1.165) is 12.8 Å². The van der Waals surface area contributed by atoms with Gasteiger partial charge >= 0.3 is 0 Å². The van der Waals surface area contributed by atoms with Gasteiger partial charge in [-0.15, -0.1) is 0 Å². The van der Waals surface area contributed by atoms with E-state index in [0.29, 0.717) is 6.54 Å². The molecule has 100 valence electrons.